The quantitative estimate of drug-likeness (QED) is 0.497. The summed E-state index contributed by atoms with van der Waals surface area (Å²) in [5, 5.41) is 0. The van der Waals surface area contributed by atoms with Gasteiger partial charge in [-0.05, 0) is 24.2 Å². The van der Waals surface area contributed by atoms with Crippen LogP contribution in [0.25, 0.3) is 0 Å². The van der Waals surface area contributed by atoms with Crippen LogP contribution < -0.4 is 5.73 Å². The Morgan fingerprint density at radius 3 is 2.38 bits per heavy atom. The third-order valence-corrected chi connectivity index (χ3v) is 4.39. The monoisotopic (exact) mass is 362 g/mol. The van der Waals surface area contributed by atoms with Gasteiger partial charge in [0.2, 0.25) is 0 Å². The zero-order chi connectivity index (χ0) is 17.7. The zero-order valence-electron chi connectivity index (χ0n) is 13.6. The molecule has 1 aliphatic rings. The first-order valence-corrected chi connectivity index (χ1v) is 8.40. The van der Waals surface area contributed by atoms with Crippen molar-refractivity contribution in [1.82, 2.24) is 9.80 Å². The molecule has 0 atom stereocenters. The molecule has 4 nitrogen and oxygen atoms in total. The average Bonchev–Trinajstić information content (AvgIpc) is 2.55. The summed E-state index contributed by atoms with van der Waals surface area (Å²) in [5.41, 5.74) is 5.27. The van der Waals surface area contributed by atoms with Crippen LogP contribution in [0.2, 0.25) is 0 Å². The molecular formula is C16H22ClF3N4. The third-order valence-electron chi connectivity index (χ3n) is 4.11. The molecule has 0 spiro atoms. The zero-order valence-corrected chi connectivity index (χ0v) is 14.4. The van der Waals surface area contributed by atoms with Crippen molar-refractivity contribution >= 4 is 23.1 Å². The van der Waals surface area contributed by atoms with Crippen molar-refractivity contribution in [2.45, 2.75) is 19.6 Å². The van der Waals surface area contributed by atoms with Gasteiger partial charge in [0.05, 0.1) is 17.1 Å². The first-order valence-electron chi connectivity index (χ1n) is 7.87. The fourth-order valence-corrected chi connectivity index (χ4v) is 2.80. The van der Waals surface area contributed by atoms with Gasteiger partial charge in [-0.3, -0.25) is 4.90 Å². The van der Waals surface area contributed by atoms with E-state index in [0.717, 1.165) is 38.8 Å². The molecule has 134 valence electrons. The molecule has 1 aromatic rings. The van der Waals surface area contributed by atoms with Gasteiger partial charge < -0.3 is 10.6 Å². The predicted octanol–water partition coefficient (Wildman–Crippen LogP) is 3.07. The molecule has 0 bridgehead atoms. The number of alkyl halides is 4. The lowest BCUT2D eigenvalue weighted by molar-refractivity contribution is -0.138. The van der Waals surface area contributed by atoms with Crippen LogP contribution in [0.1, 0.15) is 18.1 Å². The number of halogens is 4. The second-order valence-electron chi connectivity index (χ2n) is 5.79. The van der Waals surface area contributed by atoms with E-state index >= 15 is 0 Å². The van der Waals surface area contributed by atoms with Gasteiger partial charge in [-0.25, -0.2) is 4.99 Å². The highest BCUT2D eigenvalue weighted by molar-refractivity contribution is 6.28. The molecule has 0 aromatic heterocycles. The molecule has 0 amide bonds. The number of likely N-dealkylation sites (N-methyl/N-ethyl adjacent to an activating group) is 1. The van der Waals surface area contributed by atoms with Gasteiger partial charge in [0.1, 0.15) is 5.84 Å². The summed E-state index contributed by atoms with van der Waals surface area (Å²) in [7, 11) is 0. The largest absolute Gasteiger partial charge is 0.416 e. The number of aliphatic imine (C=N–C) groups is 1. The van der Waals surface area contributed by atoms with Crippen LogP contribution in [0, 0.1) is 0 Å². The van der Waals surface area contributed by atoms with E-state index in [4.69, 9.17) is 17.3 Å². The van der Waals surface area contributed by atoms with E-state index in [1.807, 2.05) is 4.90 Å². The van der Waals surface area contributed by atoms with Crippen molar-refractivity contribution in [1.29, 1.82) is 0 Å². The number of nitrogens with zero attached hydrogens (tertiary/aromatic N) is 3. The van der Waals surface area contributed by atoms with Crippen LogP contribution in [0.3, 0.4) is 0 Å². The van der Waals surface area contributed by atoms with Crippen LogP contribution in [0.15, 0.2) is 23.2 Å². The van der Waals surface area contributed by atoms with Crippen LogP contribution in [0.4, 0.5) is 18.9 Å². The van der Waals surface area contributed by atoms with Crippen molar-refractivity contribution in [2.75, 3.05) is 38.6 Å². The first-order chi connectivity index (χ1) is 11.3. The van der Waals surface area contributed by atoms with Gasteiger partial charge in [0, 0.05) is 32.7 Å². The second kappa shape index (κ2) is 8.18. The minimum atomic E-state index is -4.43. The highest BCUT2D eigenvalue weighted by Gasteiger charge is 2.34. The topological polar surface area (TPSA) is 44.9 Å². The molecule has 1 saturated heterocycles. The minimum absolute atomic E-state index is 0.0230. The minimum Gasteiger partial charge on any atom is -0.386 e. The molecule has 2 N–H and O–H groups in total. The van der Waals surface area contributed by atoms with E-state index in [2.05, 4.69) is 16.8 Å². The van der Waals surface area contributed by atoms with Crippen molar-refractivity contribution in [3.05, 3.63) is 29.3 Å². The number of nitrogens with two attached hydrogens (primary N) is 1. The number of amidine groups is 1. The summed E-state index contributed by atoms with van der Waals surface area (Å²) in [6.07, 6.45) is -4.43. The molecule has 1 aliphatic heterocycles. The number of piperazine rings is 1. The van der Waals surface area contributed by atoms with E-state index in [9.17, 15) is 13.2 Å². The Morgan fingerprint density at radius 1 is 1.21 bits per heavy atom. The Kier molecular flexibility index (Phi) is 6.48. The maximum absolute atomic E-state index is 13.4. The molecule has 0 aliphatic carbocycles. The summed E-state index contributed by atoms with van der Waals surface area (Å²) in [6, 6.07) is 4.07. The Labute approximate surface area is 145 Å². The average molecular weight is 363 g/mol. The third kappa shape index (κ3) is 5.09. The van der Waals surface area contributed by atoms with Gasteiger partial charge >= 0.3 is 6.18 Å². The molecule has 2 rings (SSSR count). The summed E-state index contributed by atoms with van der Waals surface area (Å²) >= 11 is 5.53. The molecule has 0 unspecified atom stereocenters. The van der Waals surface area contributed by atoms with Crippen molar-refractivity contribution in [3.63, 3.8) is 0 Å². The molecule has 0 saturated carbocycles. The van der Waals surface area contributed by atoms with Crippen LogP contribution in [-0.2, 0) is 12.7 Å². The lowest BCUT2D eigenvalue weighted by Crippen LogP contribution is -2.45. The lowest BCUT2D eigenvalue weighted by Gasteiger charge is -2.34. The smallest absolute Gasteiger partial charge is 0.386 e. The Balaban J connectivity index is 2.20. The first kappa shape index (κ1) is 19.0. The molecule has 1 heterocycles. The van der Waals surface area contributed by atoms with Gasteiger partial charge in [0.15, 0.2) is 0 Å². The highest BCUT2D eigenvalue weighted by atomic mass is 35.5. The summed E-state index contributed by atoms with van der Waals surface area (Å²) in [6.45, 7) is 6.63. The van der Waals surface area contributed by atoms with E-state index in [0.29, 0.717) is 0 Å². The highest BCUT2D eigenvalue weighted by Crippen LogP contribution is 2.35. The number of benzene rings is 1. The second-order valence-corrected chi connectivity index (χ2v) is 6.05. The molecule has 1 fully saturated rings. The van der Waals surface area contributed by atoms with Crippen molar-refractivity contribution in [2.24, 2.45) is 10.7 Å². The number of hydrogen-bond donors (Lipinski definition) is 1. The standard InChI is InChI=1S/C16H22ClF3N4/c1-2-23-5-7-24(8-6-23)11-12-3-4-13(22-15(21)10-17)9-14(12)16(18,19)20/h3-4,9H,2,5-8,10-11H2,1H3,(H2,21,22). The Hall–Kier alpha value is -1.31. The molecule has 0 radical (unpaired) electrons. The fourth-order valence-electron chi connectivity index (χ4n) is 2.74. The van der Waals surface area contributed by atoms with Gasteiger partial charge in [0.25, 0.3) is 0 Å². The van der Waals surface area contributed by atoms with E-state index in [-0.39, 0.29) is 29.5 Å². The van der Waals surface area contributed by atoms with Gasteiger partial charge in [-0.2, -0.15) is 13.2 Å². The van der Waals surface area contributed by atoms with Crippen LogP contribution >= 0.6 is 11.6 Å². The normalized spacial score (nSPS) is 18.1. The maximum Gasteiger partial charge on any atom is 0.416 e. The van der Waals surface area contributed by atoms with E-state index < -0.39 is 11.7 Å². The van der Waals surface area contributed by atoms with Gasteiger partial charge in [-0.1, -0.05) is 13.0 Å². The SMILES string of the molecule is CCN1CCN(Cc2ccc(N=C(N)CCl)cc2C(F)(F)F)CC1. The lowest BCUT2D eigenvalue weighted by atomic mass is 10.0. The summed E-state index contributed by atoms with van der Waals surface area (Å²) in [5.74, 6) is 0.0679. The van der Waals surface area contributed by atoms with E-state index in [1.54, 1.807) is 6.07 Å². The van der Waals surface area contributed by atoms with Crippen LogP contribution in [-0.4, -0.2) is 54.2 Å². The fraction of sp³-hybridized carbons (Fsp3) is 0.562. The summed E-state index contributed by atoms with van der Waals surface area (Å²) in [4.78, 5) is 8.24. The number of hydrogen-bond acceptors (Lipinski definition) is 3. The maximum atomic E-state index is 13.4. The van der Waals surface area contributed by atoms with Gasteiger partial charge in [-0.15, -0.1) is 11.6 Å². The Bertz CT molecular complexity index is 581. The van der Waals surface area contributed by atoms with E-state index in [1.165, 1.54) is 6.07 Å². The Morgan fingerprint density at radius 2 is 1.83 bits per heavy atom. The van der Waals surface area contributed by atoms with Crippen molar-refractivity contribution < 1.29 is 13.2 Å². The molecule has 24 heavy (non-hydrogen) atoms. The number of rotatable bonds is 5. The van der Waals surface area contributed by atoms with Crippen LogP contribution in [0.5, 0.6) is 0 Å². The molecular weight excluding hydrogens is 341 g/mol. The summed E-state index contributed by atoms with van der Waals surface area (Å²) < 4.78 is 40.2. The van der Waals surface area contributed by atoms with Crippen molar-refractivity contribution in [3.8, 4) is 0 Å². The molecule has 8 heteroatoms. The predicted molar refractivity (Wildman–Crippen MR) is 90.8 cm³/mol. The molecule has 1 aromatic carbocycles.